The van der Waals surface area contributed by atoms with Crippen LogP contribution in [0, 0.1) is 5.41 Å². The van der Waals surface area contributed by atoms with E-state index in [1.54, 1.807) is 36.4 Å². The monoisotopic (exact) mass is 447 g/mol. The largest absolute Gasteiger partial charge is 0.494 e. The van der Waals surface area contributed by atoms with E-state index in [-0.39, 0.29) is 29.8 Å². The standard InChI is InChI=1S/C22H29N3O5S/c1-5-30-18-10-12-19(13-11-18)31(28,29)24-15-14-23-20(26)16-6-8-17(9-7-16)25-21(27)22(2,3)4/h6-13,24H,5,14-15H2,1-4H3,(H,23,26)(H,25,27). The molecule has 2 amide bonds. The van der Waals surface area contributed by atoms with E-state index < -0.39 is 15.4 Å². The van der Waals surface area contributed by atoms with Crippen molar-refractivity contribution < 1.29 is 22.7 Å². The van der Waals surface area contributed by atoms with Gasteiger partial charge in [0.15, 0.2) is 0 Å². The number of nitrogens with one attached hydrogen (secondary N) is 3. The highest BCUT2D eigenvalue weighted by Crippen LogP contribution is 2.18. The maximum atomic E-state index is 12.3. The highest BCUT2D eigenvalue weighted by Gasteiger charge is 2.21. The zero-order chi connectivity index (χ0) is 23.1. The number of carbonyl (C=O) groups is 2. The Bertz CT molecular complexity index is 995. The zero-order valence-corrected chi connectivity index (χ0v) is 19.0. The molecule has 0 atom stereocenters. The summed E-state index contributed by atoms with van der Waals surface area (Å²) in [5.74, 6) is 0.135. The van der Waals surface area contributed by atoms with Gasteiger partial charge in [-0.25, -0.2) is 13.1 Å². The van der Waals surface area contributed by atoms with Crippen LogP contribution in [0.1, 0.15) is 38.1 Å². The lowest BCUT2D eigenvalue weighted by molar-refractivity contribution is -0.123. The van der Waals surface area contributed by atoms with Gasteiger partial charge in [0.25, 0.3) is 5.91 Å². The Morgan fingerprint density at radius 2 is 1.55 bits per heavy atom. The minimum absolute atomic E-state index is 0.0427. The van der Waals surface area contributed by atoms with E-state index in [0.29, 0.717) is 23.6 Å². The van der Waals surface area contributed by atoms with Crippen molar-refractivity contribution in [3.05, 3.63) is 54.1 Å². The third-order valence-electron chi connectivity index (χ3n) is 4.23. The van der Waals surface area contributed by atoms with Crippen LogP contribution in [0.5, 0.6) is 5.75 Å². The van der Waals surface area contributed by atoms with Gasteiger partial charge in [-0.15, -0.1) is 0 Å². The molecule has 0 aliphatic rings. The van der Waals surface area contributed by atoms with Gasteiger partial charge in [0.2, 0.25) is 15.9 Å². The molecule has 0 fully saturated rings. The van der Waals surface area contributed by atoms with Crippen molar-refractivity contribution in [2.24, 2.45) is 5.41 Å². The Kier molecular flexibility index (Phi) is 8.18. The Hall–Kier alpha value is -2.91. The molecule has 0 saturated carbocycles. The average Bonchev–Trinajstić information content (AvgIpc) is 2.71. The van der Waals surface area contributed by atoms with Crippen molar-refractivity contribution in [2.45, 2.75) is 32.6 Å². The van der Waals surface area contributed by atoms with Crippen LogP contribution in [0.3, 0.4) is 0 Å². The number of carbonyl (C=O) groups excluding carboxylic acids is 2. The molecule has 2 aromatic rings. The zero-order valence-electron chi connectivity index (χ0n) is 18.2. The summed E-state index contributed by atoms with van der Waals surface area (Å²) in [6.07, 6.45) is 0. The second-order valence-corrected chi connectivity index (χ2v) is 9.61. The predicted molar refractivity (Wildman–Crippen MR) is 120 cm³/mol. The quantitative estimate of drug-likeness (QED) is 0.512. The van der Waals surface area contributed by atoms with Crippen LogP contribution in [0.4, 0.5) is 5.69 Å². The predicted octanol–water partition coefficient (Wildman–Crippen LogP) is 2.78. The lowest BCUT2D eigenvalue weighted by Crippen LogP contribution is -2.34. The summed E-state index contributed by atoms with van der Waals surface area (Å²) < 4.78 is 32.4. The topological polar surface area (TPSA) is 114 Å². The third kappa shape index (κ3) is 7.37. The first-order valence-electron chi connectivity index (χ1n) is 9.95. The summed E-state index contributed by atoms with van der Waals surface area (Å²) in [6.45, 7) is 7.95. The first kappa shape index (κ1) is 24.4. The molecule has 0 aromatic heterocycles. The molecule has 0 spiro atoms. The smallest absolute Gasteiger partial charge is 0.251 e. The molecule has 0 bridgehead atoms. The van der Waals surface area contributed by atoms with Crippen molar-refractivity contribution in [3.63, 3.8) is 0 Å². The van der Waals surface area contributed by atoms with E-state index >= 15 is 0 Å². The molecule has 2 aromatic carbocycles. The van der Waals surface area contributed by atoms with Gasteiger partial charge in [0.05, 0.1) is 11.5 Å². The summed E-state index contributed by atoms with van der Waals surface area (Å²) in [6, 6.07) is 12.6. The molecular weight excluding hydrogens is 418 g/mol. The summed E-state index contributed by atoms with van der Waals surface area (Å²) >= 11 is 0. The Morgan fingerprint density at radius 3 is 2.10 bits per heavy atom. The minimum atomic E-state index is -3.68. The van der Waals surface area contributed by atoms with Crippen LogP contribution in [-0.4, -0.2) is 39.9 Å². The molecule has 0 saturated heterocycles. The van der Waals surface area contributed by atoms with Crippen molar-refractivity contribution in [2.75, 3.05) is 25.0 Å². The molecule has 0 heterocycles. The second-order valence-electron chi connectivity index (χ2n) is 7.84. The highest BCUT2D eigenvalue weighted by atomic mass is 32.2. The van der Waals surface area contributed by atoms with Crippen LogP contribution in [0.2, 0.25) is 0 Å². The minimum Gasteiger partial charge on any atom is -0.494 e. The van der Waals surface area contributed by atoms with Crippen molar-refractivity contribution in [1.82, 2.24) is 10.0 Å². The fourth-order valence-corrected chi connectivity index (χ4v) is 3.48. The van der Waals surface area contributed by atoms with E-state index in [1.165, 1.54) is 12.1 Å². The molecule has 0 unspecified atom stereocenters. The first-order chi connectivity index (χ1) is 14.5. The fourth-order valence-electron chi connectivity index (χ4n) is 2.45. The SMILES string of the molecule is CCOc1ccc(S(=O)(=O)NCCNC(=O)c2ccc(NC(=O)C(C)(C)C)cc2)cc1. The number of sulfonamides is 1. The maximum absolute atomic E-state index is 12.3. The lowest BCUT2D eigenvalue weighted by atomic mass is 9.95. The molecule has 168 valence electrons. The summed E-state index contributed by atoms with van der Waals surface area (Å²) in [4.78, 5) is 24.4. The molecule has 8 nitrogen and oxygen atoms in total. The average molecular weight is 448 g/mol. The molecule has 0 aliphatic carbocycles. The van der Waals surface area contributed by atoms with Gasteiger partial charge in [-0.05, 0) is 55.5 Å². The van der Waals surface area contributed by atoms with Gasteiger partial charge in [-0.3, -0.25) is 9.59 Å². The van der Waals surface area contributed by atoms with Crippen LogP contribution < -0.4 is 20.1 Å². The normalized spacial score (nSPS) is 11.6. The van der Waals surface area contributed by atoms with Crippen LogP contribution in [0.15, 0.2) is 53.4 Å². The number of hydrogen-bond donors (Lipinski definition) is 3. The number of ether oxygens (including phenoxy) is 1. The molecule has 0 aliphatic heterocycles. The summed E-state index contributed by atoms with van der Waals surface area (Å²) in [5.41, 5.74) is 0.483. The summed E-state index contributed by atoms with van der Waals surface area (Å²) in [7, 11) is -3.68. The molecular formula is C22H29N3O5S. The molecule has 0 radical (unpaired) electrons. The molecule has 2 rings (SSSR count). The van der Waals surface area contributed by atoms with Crippen LogP contribution >= 0.6 is 0 Å². The lowest BCUT2D eigenvalue weighted by Gasteiger charge is -2.17. The third-order valence-corrected chi connectivity index (χ3v) is 5.71. The Morgan fingerprint density at radius 1 is 0.935 bits per heavy atom. The Labute approximate surface area is 183 Å². The Balaban J connectivity index is 1.82. The van der Waals surface area contributed by atoms with E-state index in [2.05, 4.69) is 15.4 Å². The van der Waals surface area contributed by atoms with E-state index in [9.17, 15) is 18.0 Å². The van der Waals surface area contributed by atoms with Gasteiger partial charge in [-0.2, -0.15) is 0 Å². The van der Waals surface area contributed by atoms with E-state index in [4.69, 9.17) is 4.74 Å². The van der Waals surface area contributed by atoms with Crippen LogP contribution in [-0.2, 0) is 14.8 Å². The number of hydrogen-bond acceptors (Lipinski definition) is 5. The maximum Gasteiger partial charge on any atom is 0.251 e. The van der Waals surface area contributed by atoms with Gasteiger partial charge < -0.3 is 15.4 Å². The number of amides is 2. The number of anilines is 1. The van der Waals surface area contributed by atoms with Crippen molar-refractivity contribution >= 4 is 27.5 Å². The van der Waals surface area contributed by atoms with Gasteiger partial charge >= 0.3 is 0 Å². The second kappa shape index (κ2) is 10.4. The summed E-state index contributed by atoms with van der Waals surface area (Å²) in [5, 5.41) is 5.45. The van der Waals surface area contributed by atoms with Gasteiger partial charge in [0.1, 0.15) is 5.75 Å². The van der Waals surface area contributed by atoms with E-state index in [0.717, 1.165) is 0 Å². The first-order valence-corrected chi connectivity index (χ1v) is 11.4. The van der Waals surface area contributed by atoms with Crippen molar-refractivity contribution in [1.29, 1.82) is 0 Å². The van der Waals surface area contributed by atoms with Gasteiger partial charge in [-0.1, -0.05) is 20.8 Å². The number of rotatable bonds is 9. The molecule has 31 heavy (non-hydrogen) atoms. The fraction of sp³-hybridized carbons (Fsp3) is 0.364. The van der Waals surface area contributed by atoms with Crippen molar-refractivity contribution in [3.8, 4) is 5.75 Å². The van der Waals surface area contributed by atoms with Crippen LogP contribution in [0.25, 0.3) is 0 Å². The molecule has 9 heteroatoms. The molecule has 3 N–H and O–H groups in total. The van der Waals surface area contributed by atoms with Gasteiger partial charge in [0, 0.05) is 29.8 Å². The highest BCUT2D eigenvalue weighted by molar-refractivity contribution is 7.89. The number of benzene rings is 2. The van der Waals surface area contributed by atoms with E-state index in [1.807, 2.05) is 27.7 Å².